The number of halogens is 1. The topological polar surface area (TPSA) is 63.3 Å². The van der Waals surface area contributed by atoms with Crippen molar-refractivity contribution in [2.24, 2.45) is 0 Å². The zero-order valence-electron chi connectivity index (χ0n) is 8.85. The van der Waals surface area contributed by atoms with Crippen LogP contribution in [-0.2, 0) is 0 Å². The third kappa shape index (κ3) is 2.31. The van der Waals surface area contributed by atoms with Gasteiger partial charge in [-0.1, -0.05) is 22.0 Å². The van der Waals surface area contributed by atoms with Gasteiger partial charge < -0.3 is 10.8 Å². The maximum Gasteiger partial charge on any atom is 0.195 e. The molecule has 4 heteroatoms. The van der Waals surface area contributed by atoms with E-state index in [1.54, 1.807) is 36.4 Å². The molecule has 0 aliphatic carbocycles. The number of rotatable bonds is 2. The average Bonchev–Trinajstić information content (AvgIpc) is 2.33. The molecule has 0 aliphatic rings. The molecule has 2 aromatic rings. The van der Waals surface area contributed by atoms with Crippen molar-refractivity contribution in [3.8, 4) is 5.75 Å². The first-order chi connectivity index (χ1) is 8.09. The number of nitrogens with two attached hydrogens (primary N) is 1. The van der Waals surface area contributed by atoms with Gasteiger partial charge in [-0.25, -0.2) is 0 Å². The Morgan fingerprint density at radius 2 is 1.76 bits per heavy atom. The SMILES string of the molecule is Nc1c(O)cccc1C(=O)c1ccc(Br)cc1. The van der Waals surface area contributed by atoms with E-state index >= 15 is 0 Å². The number of hydrogen-bond donors (Lipinski definition) is 2. The highest BCUT2D eigenvalue weighted by Crippen LogP contribution is 2.25. The first-order valence-corrected chi connectivity index (χ1v) is 5.76. The predicted octanol–water partition coefficient (Wildman–Crippen LogP) is 2.97. The van der Waals surface area contributed by atoms with Crippen LogP contribution in [0.2, 0.25) is 0 Å². The van der Waals surface area contributed by atoms with Gasteiger partial charge in [-0.15, -0.1) is 0 Å². The summed E-state index contributed by atoms with van der Waals surface area (Å²) in [4.78, 5) is 12.1. The quantitative estimate of drug-likeness (QED) is 0.508. The van der Waals surface area contributed by atoms with Crippen LogP contribution in [0.25, 0.3) is 0 Å². The highest BCUT2D eigenvalue weighted by atomic mass is 79.9. The van der Waals surface area contributed by atoms with Crippen molar-refractivity contribution in [2.45, 2.75) is 0 Å². The molecule has 2 aromatic carbocycles. The molecule has 0 unspecified atom stereocenters. The van der Waals surface area contributed by atoms with Crippen LogP contribution < -0.4 is 5.73 Å². The summed E-state index contributed by atoms with van der Waals surface area (Å²) in [5.74, 6) is -0.279. The number of phenols is 1. The van der Waals surface area contributed by atoms with Crippen molar-refractivity contribution in [3.05, 3.63) is 58.1 Å². The molecule has 86 valence electrons. The summed E-state index contributed by atoms with van der Waals surface area (Å²) in [6, 6.07) is 11.6. The Morgan fingerprint density at radius 3 is 2.41 bits per heavy atom. The Labute approximate surface area is 107 Å². The first-order valence-electron chi connectivity index (χ1n) is 4.97. The maximum atomic E-state index is 12.1. The van der Waals surface area contributed by atoms with E-state index in [9.17, 15) is 9.90 Å². The minimum atomic E-state index is -0.203. The molecule has 3 N–H and O–H groups in total. The number of ketones is 1. The fourth-order valence-corrected chi connectivity index (χ4v) is 1.77. The molecular formula is C13H10BrNO2. The van der Waals surface area contributed by atoms with Gasteiger partial charge in [0.25, 0.3) is 0 Å². The molecule has 0 aliphatic heterocycles. The van der Waals surface area contributed by atoms with Crippen LogP contribution in [0.5, 0.6) is 5.75 Å². The van der Waals surface area contributed by atoms with Crippen molar-refractivity contribution < 1.29 is 9.90 Å². The molecule has 0 radical (unpaired) electrons. The summed E-state index contributed by atoms with van der Waals surface area (Å²) in [5, 5.41) is 9.46. The third-order valence-electron chi connectivity index (χ3n) is 2.43. The Kier molecular flexibility index (Phi) is 3.15. The monoisotopic (exact) mass is 291 g/mol. The summed E-state index contributed by atoms with van der Waals surface area (Å²) >= 11 is 3.30. The molecule has 2 rings (SSSR count). The fraction of sp³-hybridized carbons (Fsp3) is 0. The smallest absolute Gasteiger partial charge is 0.195 e. The molecule has 0 saturated carbocycles. The van der Waals surface area contributed by atoms with E-state index in [-0.39, 0.29) is 17.2 Å². The maximum absolute atomic E-state index is 12.1. The molecular weight excluding hydrogens is 282 g/mol. The largest absolute Gasteiger partial charge is 0.506 e. The molecule has 0 heterocycles. The van der Waals surface area contributed by atoms with Crippen molar-refractivity contribution in [2.75, 3.05) is 5.73 Å². The molecule has 0 amide bonds. The Bertz CT molecular complexity index is 564. The fourth-order valence-electron chi connectivity index (χ4n) is 1.51. The van der Waals surface area contributed by atoms with Gasteiger partial charge in [0.1, 0.15) is 5.75 Å². The molecule has 3 nitrogen and oxygen atoms in total. The van der Waals surface area contributed by atoms with Crippen molar-refractivity contribution >= 4 is 27.4 Å². The van der Waals surface area contributed by atoms with Crippen LogP contribution in [0.4, 0.5) is 5.69 Å². The minimum Gasteiger partial charge on any atom is -0.506 e. The second-order valence-electron chi connectivity index (χ2n) is 3.57. The van der Waals surface area contributed by atoms with Crippen molar-refractivity contribution in [3.63, 3.8) is 0 Å². The normalized spacial score (nSPS) is 10.2. The molecule has 0 saturated heterocycles. The van der Waals surface area contributed by atoms with Crippen LogP contribution >= 0.6 is 15.9 Å². The number of nitrogen functional groups attached to an aromatic ring is 1. The van der Waals surface area contributed by atoms with Gasteiger partial charge in [0.15, 0.2) is 5.78 Å². The van der Waals surface area contributed by atoms with Crippen molar-refractivity contribution in [1.29, 1.82) is 0 Å². The number of benzene rings is 2. The molecule has 17 heavy (non-hydrogen) atoms. The lowest BCUT2D eigenvalue weighted by Crippen LogP contribution is -2.05. The van der Waals surface area contributed by atoms with Crippen LogP contribution in [0.15, 0.2) is 46.9 Å². The first kappa shape index (κ1) is 11.7. The van der Waals surface area contributed by atoms with E-state index < -0.39 is 0 Å². The Balaban J connectivity index is 2.44. The van der Waals surface area contributed by atoms with Gasteiger partial charge in [0.2, 0.25) is 0 Å². The van der Waals surface area contributed by atoms with Crippen LogP contribution in [-0.4, -0.2) is 10.9 Å². The number of aromatic hydroxyl groups is 1. The van der Waals surface area contributed by atoms with E-state index in [4.69, 9.17) is 5.73 Å². The summed E-state index contributed by atoms with van der Waals surface area (Å²) in [6.45, 7) is 0. The third-order valence-corrected chi connectivity index (χ3v) is 2.96. The minimum absolute atomic E-state index is 0.0760. The highest BCUT2D eigenvalue weighted by molar-refractivity contribution is 9.10. The van der Waals surface area contributed by atoms with Gasteiger partial charge in [-0.3, -0.25) is 4.79 Å². The standard InChI is InChI=1S/C13H10BrNO2/c14-9-6-4-8(5-7-9)13(17)10-2-1-3-11(16)12(10)15/h1-7,16H,15H2. The van der Waals surface area contributed by atoms with Gasteiger partial charge in [0.05, 0.1) is 5.69 Å². The summed E-state index contributed by atoms with van der Waals surface area (Å²) in [6.07, 6.45) is 0. The second-order valence-corrected chi connectivity index (χ2v) is 4.49. The van der Waals surface area contributed by atoms with Crippen molar-refractivity contribution in [1.82, 2.24) is 0 Å². The summed E-state index contributed by atoms with van der Waals surface area (Å²) in [5.41, 5.74) is 6.63. The van der Waals surface area contributed by atoms with E-state index in [0.29, 0.717) is 11.1 Å². The van der Waals surface area contributed by atoms with Gasteiger partial charge in [-0.05, 0) is 36.4 Å². The lowest BCUT2D eigenvalue weighted by atomic mass is 10.0. The van der Waals surface area contributed by atoms with Crippen LogP contribution in [0.1, 0.15) is 15.9 Å². The lowest BCUT2D eigenvalue weighted by molar-refractivity contribution is 0.103. The summed E-state index contributed by atoms with van der Waals surface area (Å²) in [7, 11) is 0. The number of anilines is 1. The van der Waals surface area contributed by atoms with Crippen LogP contribution in [0.3, 0.4) is 0 Å². The zero-order valence-corrected chi connectivity index (χ0v) is 10.4. The Morgan fingerprint density at radius 1 is 1.12 bits per heavy atom. The number of hydrogen-bond acceptors (Lipinski definition) is 3. The van der Waals surface area contributed by atoms with Gasteiger partial charge in [-0.2, -0.15) is 0 Å². The van der Waals surface area contributed by atoms with Gasteiger partial charge in [0, 0.05) is 15.6 Å². The molecule has 0 atom stereocenters. The van der Waals surface area contributed by atoms with E-state index in [1.165, 1.54) is 6.07 Å². The number of carbonyl (C=O) groups is 1. The van der Waals surface area contributed by atoms with Gasteiger partial charge >= 0.3 is 0 Å². The Hall–Kier alpha value is -1.81. The molecule has 0 fully saturated rings. The lowest BCUT2D eigenvalue weighted by Gasteiger charge is -2.06. The number of phenolic OH excluding ortho intramolecular Hbond substituents is 1. The van der Waals surface area contributed by atoms with E-state index in [1.807, 2.05) is 0 Å². The molecule has 0 aromatic heterocycles. The molecule has 0 bridgehead atoms. The average molecular weight is 292 g/mol. The number of para-hydroxylation sites is 1. The molecule has 0 spiro atoms. The van der Waals surface area contributed by atoms with Crippen LogP contribution in [0, 0.1) is 0 Å². The van der Waals surface area contributed by atoms with E-state index in [2.05, 4.69) is 15.9 Å². The van der Waals surface area contributed by atoms with E-state index in [0.717, 1.165) is 4.47 Å². The second kappa shape index (κ2) is 4.59. The predicted molar refractivity (Wildman–Crippen MR) is 70.1 cm³/mol. The summed E-state index contributed by atoms with van der Waals surface area (Å²) < 4.78 is 0.901. The number of carbonyl (C=O) groups excluding carboxylic acids is 1. The zero-order chi connectivity index (χ0) is 12.4. The highest BCUT2D eigenvalue weighted by Gasteiger charge is 2.13.